The number of hydrogen-bond donors (Lipinski definition) is 0. The van der Waals surface area contributed by atoms with Crippen LogP contribution < -0.4 is 0 Å². The molecule has 1 aromatic carbocycles. The van der Waals surface area contributed by atoms with Gasteiger partial charge < -0.3 is 0 Å². The van der Waals surface area contributed by atoms with E-state index in [-0.39, 0.29) is 10.6 Å². The fraction of sp³-hybridized carbons (Fsp3) is 0.0833. The fourth-order valence-corrected chi connectivity index (χ4v) is 1.57. The van der Waals surface area contributed by atoms with Crippen molar-refractivity contribution in [2.75, 3.05) is 0 Å². The first-order valence-electron chi connectivity index (χ1n) is 4.84. The number of benzene rings is 1. The van der Waals surface area contributed by atoms with Crippen molar-refractivity contribution in [1.29, 1.82) is 0 Å². The van der Waals surface area contributed by atoms with E-state index < -0.39 is 0 Å². The summed E-state index contributed by atoms with van der Waals surface area (Å²) in [5.41, 5.74) is 2.56. The second-order valence-corrected chi connectivity index (χ2v) is 3.51. The van der Waals surface area contributed by atoms with Gasteiger partial charge in [-0.2, -0.15) is 0 Å². The Balaban J connectivity index is 2.63. The Morgan fingerprint density at radius 1 is 1.19 bits per heavy atom. The number of nitro benzene ring substituents is 1. The van der Waals surface area contributed by atoms with Crippen molar-refractivity contribution in [2.45, 2.75) is 6.92 Å². The van der Waals surface area contributed by atoms with Gasteiger partial charge in [0.15, 0.2) is 0 Å². The molecule has 2 rings (SSSR count). The minimum atomic E-state index is -0.366. The van der Waals surface area contributed by atoms with Gasteiger partial charge in [-0.15, -0.1) is 0 Å². The van der Waals surface area contributed by atoms with Gasteiger partial charge in [0.1, 0.15) is 0 Å². The average molecular weight is 214 g/mol. The van der Waals surface area contributed by atoms with Gasteiger partial charge in [-0.1, -0.05) is 11.6 Å². The molecule has 0 spiro atoms. The van der Waals surface area contributed by atoms with Crippen LogP contribution in [0, 0.1) is 17.0 Å². The molecule has 0 aliphatic heterocycles. The summed E-state index contributed by atoms with van der Waals surface area (Å²) in [5.74, 6) is 0. The lowest BCUT2D eigenvalue weighted by Crippen LogP contribution is -1.92. The summed E-state index contributed by atoms with van der Waals surface area (Å²) < 4.78 is 0. The van der Waals surface area contributed by atoms with Crippen molar-refractivity contribution in [3.63, 3.8) is 0 Å². The van der Waals surface area contributed by atoms with Crippen molar-refractivity contribution >= 4 is 5.69 Å². The van der Waals surface area contributed by atoms with Crippen molar-refractivity contribution < 1.29 is 4.92 Å². The number of aromatic nitrogens is 1. The highest BCUT2D eigenvalue weighted by Gasteiger charge is 2.14. The van der Waals surface area contributed by atoms with E-state index in [9.17, 15) is 10.1 Å². The maximum atomic E-state index is 10.9. The zero-order valence-electron chi connectivity index (χ0n) is 8.75. The van der Waals surface area contributed by atoms with Crippen molar-refractivity contribution in [3.05, 3.63) is 58.4 Å². The normalized spacial score (nSPS) is 10.1. The minimum absolute atomic E-state index is 0.122. The molecular formula is C12H10N2O2. The van der Waals surface area contributed by atoms with Crippen molar-refractivity contribution in [3.8, 4) is 11.1 Å². The third-order valence-corrected chi connectivity index (χ3v) is 2.34. The van der Waals surface area contributed by atoms with Gasteiger partial charge in [0.05, 0.1) is 10.5 Å². The molecule has 0 N–H and O–H groups in total. The average Bonchev–Trinajstić information content (AvgIpc) is 2.29. The Hall–Kier alpha value is -2.23. The maximum absolute atomic E-state index is 10.9. The van der Waals surface area contributed by atoms with E-state index >= 15 is 0 Å². The maximum Gasteiger partial charge on any atom is 0.277 e. The smallest absolute Gasteiger partial charge is 0.265 e. The summed E-state index contributed by atoms with van der Waals surface area (Å²) >= 11 is 0. The summed E-state index contributed by atoms with van der Waals surface area (Å²) in [6, 6.07) is 8.62. The predicted octanol–water partition coefficient (Wildman–Crippen LogP) is 2.97. The summed E-state index contributed by atoms with van der Waals surface area (Å²) in [6.07, 6.45) is 3.25. The molecular weight excluding hydrogens is 204 g/mol. The number of nitro groups is 1. The van der Waals surface area contributed by atoms with E-state index in [1.54, 1.807) is 30.6 Å². The lowest BCUT2D eigenvalue weighted by Gasteiger charge is -2.03. The molecule has 0 saturated heterocycles. The van der Waals surface area contributed by atoms with E-state index in [4.69, 9.17) is 0 Å². The Morgan fingerprint density at radius 3 is 2.50 bits per heavy atom. The Morgan fingerprint density at radius 2 is 1.88 bits per heavy atom. The fourth-order valence-electron chi connectivity index (χ4n) is 1.57. The Labute approximate surface area is 92.7 Å². The van der Waals surface area contributed by atoms with Crippen molar-refractivity contribution in [2.24, 2.45) is 0 Å². The molecule has 0 radical (unpaired) electrons. The topological polar surface area (TPSA) is 56.0 Å². The molecule has 0 bridgehead atoms. The molecule has 2 aromatic rings. The van der Waals surface area contributed by atoms with Crippen LogP contribution in [0.3, 0.4) is 0 Å². The minimum Gasteiger partial charge on any atom is -0.265 e. The van der Waals surface area contributed by atoms with Crippen LogP contribution in [-0.2, 0) is 0 Å². The summed E-state index contributed by atoms with van der Waals surface area (Å²) in [6.45, 7) is 1.91. The highest BCUT2D eigenvalue weighted by Crippen LogP contribution is 2.29. The zero-order chi connectivity index (χ0) is 11.5. The van der Waals surface area contributed by atoms with Crippen molar-refractivity contribution in [1.82, 2.24) is 4.98 Å². The standard InChI is InChI=1S/C12H10N2O2/c1-9-2-3-12(14(15)16)11(8-9)10-4-6-13-7-5-10/h2-8H,1H3. The van der Waals surface area contributed by atoms with Crippen LogP contribution in [0.1, 0.15) is 5.56 Å². The van der Waals surface area contributed by atoms with E-state index in [2.05, 4.69) is 4.98 Å². The monoisotopic (exact) mass is 214 g/mol. The molecule has 1 aromatic heterocycles. The second kappa shape index (κ2) is 4.10. The van der Waals surface area contributed by atoms with Gasteiger partial charge in [0.2, 0.25) is 0 Å². The van der Waals surface area contributed by atoms with Gasteiger partial charge >= 0.3 is 0 Å². The first-order chi connectivity index (χ1) is 7.68. The molecule has 0 fully saturated rings. The Kier molecular flexibility index (Phi) is 2.64. The number of aryl methyl sites for hydroxylation is 1. The molecule has 4 nitrogen and oxygen atoms in total. The van der Waals surface area contributed by atoms with Crippen LogP contribution in [0.5, 0.6) is 0 Å². The SMILES string of the molecule is Cc1ccc([N+](=O)[O-])c(-c2ccncc2)c1. The molecule has 0 aliphatic rings. The molecule has 0 saturated carbocycles. The van der Waals surface area contributed by atoms with Crippen LogP contribution in [0.2, 0.25) is 0 Å². The van der Waals surface area contributed by atoms with E-state index in [0.29, 0.717) is 5.56 Å². The van der Waals surface area contributed by atoms with Gasteiger partial charge in [0.25, 0.3) is 5.69 Å². The lowest BCUT2D eigenvalue weighted by atomic mass is 10.0. The van der Waals surface area contributed by atoms with E-state index in [1.165, 1.54) is 6.07 Å². The van der Waals surface area contributed by atoms with Gasteiger partial charge in [-0.25, -0.2) is 0 Å². The largest absolute Gasteiger partial charge is 0.277 e. The first kappa shape index (κ1) is 10.3. The van der Waals surface area contributed by atoms with E-state index in [1.807, 2.05) is 13.0 Å². The number of rotatable bonds is 2. The molecule has 0 atom stereocenters. The third-order valence-electron chi connectivity index (χ3n) is 2.34. The van der Waals surface area contributed by atoms with Gasteiger partial charge in [0, 0.05) is 18.5 Å². The molecule has 0 unspecified atom stereocenters. The van der Waals surface area contributed by atoms with E-state index in [0.717, 1.165) is 11.1 Å². The Bertz CT molecular complexity index is 524. The first-order valence-corrected chi connectivity index (χ1v) is 4.84. The third kappa shape index (κ3) is 1.91. The highest BCUT2D eigenvalue weighted by atomic mass is 16.6. The molecule has 4 heteroatoms. The summed E-state index contributed by atoms with van der Waals surface area (Å²) in [5, 5.41) is 10.9. The molecule has 0 amide bonds. The second-order valence-electron chi connectivity index (χ2n) is 3.51. The van der Waals surface area contributed by atoms with Crippen LogP contribution in [0.25, 0.3) is 11.1 Å². The quantitative estimate of drug-likeness (QED) is 0.570. The zero-order valence-corrected chi connectivity index (χ0v) is 8.75. The van der Waals surface area contributed by atoms with Gasteiger partial charge in [-0.05, 0) is 30.7 Å². The number of nitrogens with zero attached hydrogens (tertiary/aromatic N) is 2. The van der Waals surface area contributed by atoms with Crippen LogP contribution in [-0.4, -0.2) is 9.91 Å². The predicted molar refractivity (Wildman–Crippen MR) is 61.1 cm³/mol. The van der Waals surface area contributed by atoms with Crippen LogP contribution >= 0.6 is 0 Å². The van der Waals surface area contributed by atoms with Crippen LogP contribution in [0.4, 0.5) is 5.69 Å². The molecule has 1 heterocycles. The summed E-state index contributed by atoms with van der Waals surface area (Å²) in [4.78, 5) is 14.4. The number of pyridine rings is 1. The van der Waals surface area contributed by atoms with Gasteiger partial charge in [-0.3, -0.25) is 15.1 Å². The number of hydrogen-bond acceptors (Lipinski definition) is 3. The lowest BCUT2D eigenvalue weighted by molar-refractivity contribution is -0.384. The van der Waals surface area contributed by atoms with Crippen LogP contribution in [0.15, 0.2) is 42.7 Å². The molecule has 80 valence electrons. The highest BCUT2D eigenvalue weighted by molar-refractivity contribution is 5.73. The molecule has 0 aliphatic carbocycles. The molecule has 16 heavy (non-hydrogen) atoms. The summed E-state index contributed by atoms with van der Waals surface area (Å²) in [7, 11) is 0.